The molecule has 2 aromatic rings. The normalized spacial score (nSPS) is 15.3. The molecule has 0 saturated heterocycles. The summed E-state index contributed by atoms with van der Waals surface area (Å²) in [6, 6.07) is 14.8. The number of nitro benzene ring substituents is 1. The minimum atomic E-state index is -0.562. The summed E-state index contributed by atoms with van der Waals surface area (Å²) < 4.78 is 0.309. The number of benzene rings is 2. The molecule has 1 aliphatic heterocycles. The molecule has 0 aliphatic carbocycles. The molecular formula is C17H10N2O4S2. The zero-order valence-electron chi connectivity index (χ0n) is 12.6. The van der Waals surface area contributed by atoms with E-state index in [4.69, 9.17) is 0 Å². The molecule has 0 bridgehead atoms. The van der Waals surface area contributed by atoms with Crippen molar-refractivity contribution in [2.75, 3.05) is 0 Å². The molecule has 3 rings (SSSR count). The first-order valence-corrected chi connectivity index (χ1v) is 8.70. The predicted octanol–water partition coefficient (Wildman–Crippen LogP) is 4.14. The van der Waals surface area contributed by atoms with E-state index in [0.717, 1.165) is 29.1 Å². The molecule has 8 heteroatoms. The molecule has 1 heterocycles. The van der Waals surface area contributed by atoms with Crippen molar-refractivity contribution in [3.8, 4) is 0 Å². The Bertz CT molecular complexity index is 923. The molecule has 25 heavy (non-hydrogen) atoms. The highest BCUT2D eigenvalue weighted by molar-refractivity contribution is 8.46. The van der Waals surface area contributed by atoms with Crippen molar-refractivity contribution in [2.24, 2.45) is 4.99 Å². The number of hydrogen-bond donors (Lipinski definition) is 0. The molecule has 0 spiro atoms. The summed E-state index contributed by atoms with van der Waals surface area (Å²) in [7, 11) is 0. The lowest BCUT2D eigenvalue weighted by atomic mass is 10.2. The average molecular weight is 370 g/mol. The molecule has 6 nitrogen and oxygen atoms in total. The average Bonchev–Trinajstić information content (AvgIpc) is 2.95. The third kappa shape index (κ3) is 4.23. The summed E-state index contributed by atoms with van der Waals surface area (Å²) >= 11 is 1.91. The van der Waals surface area contributed by atoms with Crippen LogP contribution in [0.4, 0.5) is 5.69 Å². The minimum absolute atomic E-state index is 0.159. The van der Waals surface area contributed by atoms with Gasteiger partial charge in [0.05, 0.1) is 9.83 Å². The molecule has 0 unspecified atom stereocenters. The highest BCUT2D eigenvalue weighted by Gasteiger charge is 2.25. The first-order chi connectivity index (χ1) is 12.0. The number of non-ortho nitro benzene ring substituents is 1. The van der Waals surface area contributed by atoms with Gasteiger partial charge in [-0.25, -0.2) is 0 Å². The summed E-state index contributed by atoms with van der Waals surface area (Å²) in [6.07, 6.45) is 1.71. The van der Waals surface area contributed by atoms with Crippen molar-refractivity contribution in [2.45, 2.75) is 0 Å². The highest BCUT2D eigenvalue weighted by atomic mass is 32.2. The first kappa shape index (κ1) is 17.1. The quantitative estimate of drug-likeness (QED) is 0.458. The van der Waals surface area contributed by atoms with Crippen molar-refractivity contribution >= 4 is 50.7 Å². The van der Waals surface area contributed by atoms with Crippen molar-refractivity contribution in [1.29, 1.82) is 0 Å². The lowest BCUT2D eigenvalue weighted by Crippen LogP contribution is -1.98. The van der Waals surface area contributed by atoms with Crippen LogP contribution in [-0.4, -0.2) is 20.3 Å². The largest absolute Gasteiger partial charge is 0.285 e. The topological polar surface area (TPSA) is 89.6 Å². The number of nitro groups is 1. The Hall–Kier alpha value is -2.71. The Morgan fingerprint density at radius 2 is 1.92 bits per heavy atom. The molecule has 0 atom stereocenters. The molecule has 0 radical (unpaired) electrons. The van der Waals surface area contributed by atoms with Gasteiger partial charge in [0.1, 0.15) is 4.38 Å². The van der Waals surface area contributed by atoms with E-state index in [1.807, 2.05) is 30.3 Å². The first-order valence-electron chi connectivity index (χ1n) is 7.07. The lowest BCUT2D eigenvalue weighted by Gasteiger charge is -2.00. The number of rotatable bonds is 3. The number of amides is 1. The van der Waals surface area contributed by atoms with E-state index >= 15 is 0 Å². The van der Waals surface area contributed by atoms with Crippen LogP contribution in [0.3, 0.4) is 0 Å². The number of hydrogen-bond acceptors (Lipinski definition) is 6. The summed E-state index contributed by atoms with van der Waals surface area (Å²) in [5, 5.41) is 10.4. The Labute approximate surface area is 151 Å². The van der Waals surface area contributed by atoms with Crippen LogP contribution in [0.2, 0.25) is 0 Å². The van der Waals surface area contributed by atoms with E-state index in [1.165, 1.54) is 24.3 Å². The van der Waals surface area contributed by atoms with Gasteiger partial charge >= 0.3 is 0 Å². The molecule has 1 aliphatic rings. The molecule has 2 aromatic carbocycles. The SMILES string of the molecule is O=C1N=C(SC(=O)c2cccc([N+](=O)[O-])c2)SC1=Cc1ccccc1. The smallest absolute Gasteiger partial charge is 0.281 e. The van der Waals surface area contributed by atoms with Gasteiger partial charge in [-0.05, 0) is 29.5 Å². The summed E-state index contributed by atoms with van der Waals surface area (Å²) in [4.78, 5) is 38.7. The summed E-state index contributed by atoms with van der Waals surface area (Å²) in [5.41, 5.74) is 0.897. The van der Waals surface area contributed by atoms with Crippen LogP contribution in [0.5, 0.6) is 0 Å². The monoisotopic (exact) mass is 370 g/mol. The Morgan fingerprint density at radius 3 is 2.64 bits per heavy atom. The third-order valence-corrected chi connectivity index (χ3v) is 5.14. The second-order valence-corrected chi connectivity index (χ2v) is 7.15. The molecule has 0 fully saturated rings. The maximum atomic E-state index is 12.3. The Morgan fingerprint density at radius 1 is 1.16 bits per heavy atom. The molecule has 0 saturated carbocycles. The van der Waals surface area contributed by atoms with Gasteiger partial charge in [-0.1, -0.05) is 48.2 Å². The zero-order chi connectivity index (χ0) is 17.8. The molecule has 0 N–H and O–H groups in total. The number of carbonyl (C=O) groups excluding carboxylic acids is 2. The molecule has 124 valence electrons. The number of carbonyl (C=O) groups is 2. The third-order valence-electron chi connectivity index (χ3n) is 3.17. The second kappa shape index (κ2) is 7.45. The molecule has 1 amide bonds. The van der Waals surface area contributed by atoms with Crippen molar-refractivity contribution in [3.05, 3.63) is 80.7 Å². The van der Waals surface area contributed by atoms with Crippen molar-refractivity contribution < 1.29 is 14.5 Å². The van der Waals surface area contributed by atoms with Gasteiger partial charge in [0.2, 0.25) is 5.12 Å². The van der Waals surface area contributed by atoms with Crippen LogP contribution >= 0.6 is 23.5 Å². The number of nitrogens with zero attached hydrogens (tertiary/aromatic N) is 2. The van der Waals surface area contributed by atoms with Crippen LogP contribution < -0.4 is 0 Å². The van der Waals surface area contributed by atoms with E-state index in [1.54, 1.807) is 6.08 Å². The van der Waals surface area contributed by atoms with Gasteiger partial charge in [-0.2, -0.15) is 4.99 Å². The highest BCUT2D eigenvalue weighted by Crippen LogP contribution is 2.35. The standard InChI is InChI=1S/C17H10N2O4S2/c20-15-14(9-11-5-2-1-3-6-11)24-17(18-15)25-16(21)12-7-4-8-13(10-12)19(22)23/h1-10H. The van der Waals surface area contributed by atoms with Gasteiger partial charge in [0.15, 0.2) is 0 Å². The fourth-order valence-electron chi connectivity index (χ4n) is 2.02. The maximum Gasteiger partial charge on any atom is 0.285 e. The van der Waals surface area contributed by atoms with Crippen LogP contribution in [0.15, 0.2) is 64.5 Å². The summed E-state index contributed by atoms with van der Waals surface area (Å²) in [5.74, 6) is -0.400. The van der Waals surface area contributed by atoms with Gasteiger partial charge in [0, 0.05) is 17.7 Å². The van der Waals surface area contributed by atoms with Crippen molar-refractivity contribution in [1.82, 2.24) is 0 Å². The van der Waals surface area contributed by atoms with Crippen LogP contribution in [0.1, 0.15) is 15.9 Å². The van der Waals surface area contributed by atoms with Crippen LogP contribution in [0, 0.1) is 10.1 Å². The van der Waals surface area contributed by atoms with Crippen molar-refractivity contribution in [3.63, 3.8) is 0 Å². The number of aliphatic imine (C=N–C) groups is 1. The van der Waals surface area contributed by atoms with Gasteiger partial charge in [0.25, 0.3) is 11.6 Å². The molecule has 0 aromatic heterocycles. The van der Waals surface area contributed by atoms with Crippen LogP contribution in [0.25, 0.3) is 6.08 Å². The van der Waals surface area contributed by atoms with E-state index < -0.39 is 15.9 Å². The van der Waals surface area contributed by atoms with Gasteiger partial charge in [-0.15, -0.1) is 0 Å². The van der Waals surface area contributed by atoms with E-state index in [-0.39, 0.29) is 11.3 Å². The van der Waals surface area contributed by atoms with E-state index in [2.05, 4.69) is 4.99 Å². The fraction of sp³-hybridized carbons (Fsp3) is 0. The minimum Gasteiger partial charge on any atom is -0.281 e. The molecular weight excluding hydrogens is 360 g/mol. The predicted molar refractivity (Wildman–Crippen MR) is 99.5 cm³/mol. The van der Waals surface area contributed by atoms with Gasteiger partial charge < -0.3 is 0 Å². The van der Waals surface area contributed by atoms with Crippen LogP contribution in [-0.2, 0) is 4.79 Å². The maximum absolute atomic E-state index is 12.3. The fourth-order valence-corrected chi connectivity index (χ4v) is 3.86. The summed E-state index contributed by atoms with van der Waals surface area (Å²) in [6.45, 7) is 0. The second-order valence-electron chi connectivity index (χ2n) is 4.90. The Balaban J connectivity index is 1.72. The van der Waals surface area contributed by atoms with E-state index in [0.29, 0.717) is 9.28 Å². The Kier molecular flexibility index (Phi) is 5.11. The lowest BCUT2D eigenvalue weighted by molar-refractivity contribution is -0.384. The number of thioether (sulfide) groups is 2. The van der Waals surface area contributed by atoms with E-state index in [9.17, 15) is 19.7 Å². The van der Waals surface area contributed by atoms with Gasteiger partial charge in [-0.3, -0.25) is 19.7 Å². The zero-order valence-corrected chi connectivity index (χ0v) is 14.3.